The van der Waals surface area contributed by atoms with E-state index in [0.717, 1.165) is 0 Å². The van der Waals surface area contributed by atoms with Gasteiger partial charge in [0.15, 0.2) is 0 Å². The summed E-state index contributed by atoms with van der Waals surface area (Å²) in [6, 6.07) is 1.62. The van der Waals surface area contributed by atoms with Crippen molar-refractivity contribution in [3.8, 4) is 0 Å². The Kier molecular flexibility index (Phi) is 4.87. The molecule has 116 valence electrons. The molecule has 4 nitrogen and oxygen atoms in total. The molecular formula is C13H15F3N2O2S. The number of amides is 2. The standard InChI is InChI=1S/C13H15F3N2O2S/c14-13(15,16)10-2-1-4-18(7-10)11(19)6-17-12(20)9-3-5-21-8-9/h3,5,8,10H,1-2,4,6-7H2,(H,17,20). The number of alkyl halides is 3. The summed E-state index contributed by atoms with van der Waals surface area (Å²) < 4.78 is 38.0. The van der Waals surface area contributed by atoms with Crippen LogP contribution in [0.15, 0.2) is 16.8 Å². The van der Waals surface area contributed by atoms with Gasteiger partial charge in [0.25, 0.3) is 5.91 Å². The van der Waals surface area contributed by atoms with Crippen LogP contribution in [0.5, 0.6) is 0 Å². The Hall–Kier alpha value is -1.57. The molecule has 21 heavy (non-hydrogen) atoms. The fourth-order valence-electron chi connectivity index (χ4n) is 2.23. The van der Waals surface area contributed by atoms with Crippen molar-refractivity contribution in [1.29, 1.82) is 0 Å². The van der Waals surface area contributed by atoms with Gasteiger partial charge in [-0.25, -0.2) is 0 Å². The first-order valence-corrected chi connectivity index (χ1v) is 7.47. The van der Waals surface area contributed by atoms with Crippen molar-refractivity contribution in [3.05, 3.63) is 22.4 Å². The van der Waals surface area contributed by atoms with Gasteiger partial charge < -0.3 is 10.2 Å². The summed E-state index contributed by atoms with van der Waals surface area (Å²) in [5.74, 6) is -2.34. The maximum Gasteiger partial charge on any atom is 0.393 e. The molecule has 0 saturated carbocycles. The van der Waals surface area contributed by atoms with E-state index < -0.39 is 23.9 Å². The van der Waals surface area contributed by atoms with Crippen molar-refractivity contribution < 1.29 is 22.8 Å². The zero-order valence-electron chi connectivity index (χ0n) is 11.2. The van der Waals surface area contributed by atoms with Gasteiger partial charge in [-0.2, -0.15) is 24.5 Å². The van der Waals surface area contributed by atoms with Crippen LogP contribution in [-0.4, -0.2) is 42.5 Å². The number of halogens is 3. The molecule has 1 unspecified atom stereocenters. The molecule has 2 amide bonds. The molecule has 0 aliphatic carbocycles. The number of nitrogens with zero attached hydrogens (tertiary/aromatic N) is 1. The number of thiophene rings is 1. The summed E-state index contributed by atoms with van der Waals surface area (Å²) in [5.41, 5.74) is 0.444. The van der Waals surface area contributed by atoms with Gasteiger partial charge in [-0.1, -0.05) is 0 Å². The lowest BCUT2D eigenvalue weighted by Crippen LogP contribution is -2.47. The molecule has 1 aliphatic heterocycles. The lowest BCUT2D eigenvalue weighted by molar-refractivity contribution is -0.187. The van der Waals surface area contributed by atoms with Crippen LogP contribution in [0.3, 0.4) is 0 Å². The predicted octanol–water partition coefficient (Wildman–Crippen LogP) is 2.28. The summed E-state index contributed by atoms with van der Waals surface area (Å²) >= 11 is 1.35. The van der Waals surface area contributed by atoms with Gasteiger partial charge in [0, 0.05) is 24.0 Å². The van der Waals surface area contributed by atoms with E-state index in [1.807, 2.05) is 0 Å². The fraction of sp³-hybridized carbons (Fsp3) is 0.538. The summed E-state index contributed by atoms with van der Waals surface area (Å²) in [6.07, 6.45) is -3.90. The van der Waals surface area contributed by atoms with Crippen molar-refractivity contribution in [2.45, 2.75) is 19.0 Å². The van der Waals surface area contributed by atoms with Gasteiger partial charge in [0.2, 0.25) is 5.91 Å². The normalized spacial score (nSPS) is 19.4. The van der Waals surface area contributed by atoms with Crippen molar-refractivity contribution in [2.24, 2.45) is 5.92 Å². The van der Waals surface area contributed by atoms with E-state index in [1.54, 1.807) is 16.8 Å². The van der Waals surface area contributed by atoms with Crippen molar-refractivity contribution in [1.82, 2.24) is 10.2 Å². The average Bonchev–Trinajstić information content (AvgIpc) is 2.98. The van der Waals surface area contributed by atoms with E-state index in [9.17, 15) is 22.8 Å². The Labute approximate surface area is 123 Å². The van der Waals surface area contributed by atoms with Gasteiger partial charge >= 0.3 is 6.18 Å². The number of carbonyl (C=O) groups excluding carboxylic acids is 2. The third kappa shape index (κ3) is 4.20. The minimum absolute atomic E-state index is 0.0501. The smallest absolute Gasteiger partial charge is 0.343 e. The Morgan fingerprint density at radius 2 is 2.19 bits per heavy atom. The Bertz CT molecular complexity index is 502. The number of hydrogen-bond acceptors (Lipinski definition) is 3. The quantitative estimate of drug-likeness (QED) is 0.929. The molecule has 1 N–H and O–H groups in total. The molecule has 1 aliphatic rings. The number of likely N-dealkylation sites (tertiary alicyclic amines) is 1. The Balaban J connectivity index is 1.84. The number of rotatable bonds is 3. The molecule has 1 aromatic rings. The van der Waals surface area contributed by atoms with Crippen LogP contribution in [-0.2, 0) is 4.79 Å². The van der Waals surface area contributed by atoms with E-state index in [4.69, 9.17) is 0 Å². The molecule has 0 spiro atoms. The van der Waals surface area contributed by atoms with Crippen LogP contribution in [0.4, 0.5) is 13.2 Å². The monoisotopic (exact) mass is 320 g/mol. The minimum Gasteiger partial charge on any atom is -0.343 e. The third-order valence-corrected chi connectivity index (χ3v) is 4.10. The fourth-order valence-corrected chi connectivity index (χ4v) is 2.87. The van der Waals surface area contributed by atoms with Crippen LogP contribution < -0.4 is 5.32 Å². The topological polar surface area (TPSA) is 49.4 Å². The number of carbonyl (C=O) groups is 2. The zero-order chi connectivity index (χ0) is 15.5. The van der Waals surface area contributed by atoms with Gasteiger partial charge in [0.05, 0.1) is 12.5 Å². The molecule has 2 heterocycles. The largest absolute Gasteiger partial charge is 0.393 e. The molecule has 0 aromatic carbocycles. The first kappa shape index (κ1) is 15.8. The molecule has 8 heteroatoms. The van der Waals surface area contributed by atoms with Crippen LogP contribution >= 0.6 is 11.3 Å². The molecule has 1 fully saturated rings. The Morgan fingerprint density at radius 3 is 2.81 bits per heavy atom. The lowest BCUT2D eigenvalue weighted by atomic mass is 9.97. The highest BCUT2D eigenvalue weighted by Gasteiger charge is 2.42. The summed E-state index contributed by atoms with van der Waals surface area (Å²) in [4.78, 5) is 24.7. The highest BCUT2D eigenvalue weighted by atomic mass is 32.1. The number of hydrogen-bond donors (Lipinski definition) is 1. The first-order valence-electron chi connectivity index (χ1n) is 6.53. The SMILES string of the molecule is O=C(NCC(=O)N1CCCC(C(F)(F)F)C1)c1ccsc1. The summed E-state index contributed by atoms with van der Waals surface area (Å²) in [5, 5.41) is 5.80. The van der Waals surface area contributed by atoms with E-state index in [-0.39, 0.29) is 19.5 Å². The first-order chi connectivity index (χ1) is 9.88. The molecule has 0 radical (unpaired) electrons. The molecule has 2 rings (SSSR count). The number of piperidine rings is 1. The van der Waals surface area contributed by atoms with Crippen LogP contribution in [0.1, 0.15) is 23.2 Å². The lowest BCUT2D eigenvalue weighted by Gasteiger charge is -2.33. The molecule has 1 aromatic heterocycles. The van der Waals surface area contributed by atoms with Crippen molar-refractivity contribution in [3.63, 3.8) is 0 Å². The van der Waals surface area contributed by atoms with E-state index in [0.29, 0.717) is 18.5 Å². The van der Waals surface area contributed by atoms with Gasteiger partial charge in [-0.3, -0.25) is 9.59 Å². The minimum atomic E-state index is -4.28. The average molecular weight is 320 g/mol. The van der Waals surface area contributed by atoms with Crippen LogP contribution in [0.2, 0.25) is 0 Å². The Morgan fingerprint density at radius 1 is 1.43 bits per heavy atom. The predicted molar refractivity (Wildman–Crippen MR) is 72.0 cm³/mol. The highest BCUT2D eigenvalue weighted by Crippen LogP contribution is 2.33. The molecular weight excluding hydrogens is 305 g/mol. The summed E-state index contributed by atoms with van der Waals surface area (Å²) in [6.45, 7) is -0.296. The second kappa shape index (κ2) is 6.46. The third-order valence-electron chi connectivity index (χ3n) is 3.42. The molecule has 0 bridgehead atoms. The molecule has 1 atom stereocenters. The van der Waals surface area contributed by atoms with E-state index >= 15 is 0 Å². The summed E-state index contributed by atoms with van der Waals surface area (Å²) in [7, 11) is 0. The van der Waals surface area contributed by atoms with Crippen molar-refractivity contribution in [2.75, 3.05) is 19.6 Å². The van der Waals surface area contributed by atoms with Gasteiger partial charge in [0.1, 0.15) is 0 Å². The highest BCUT2D eigenvalue weighted by molar-refractivity contribution is 7.08. The number of nitrogens with one attached hydrogen (secondary N) is 1. The maximum absolute atomic E-state index is 12.7. The molecule has 1 saturated heterocycles. The van der Waals surface area contributed by atoms with Crippen LogP contribution in [0.25, 0.3) is 0 Å². The second-order valence-electron chi connectivity index (χ2n) is 4.92. The van der Waals surface area contributed by atoms with Gasteiger partial charge in [-0.15, -0.1) is 0 Å². The maximum atomic E-state index is 12.7. The van der Waals surface area contributed by atoms with Crippen molar-refractivity contribution >= 4 is 23.2 Å². The van der Waals surface area contributed by atoms with Gasteiger partial charge in [-0.05, 0) is 24.3 Å². The zero-order valence-corrected chi connectivity index (χ0v) is 12.0. The van der Waals surface area contributed by atoms with E-state index in [2.05, 4.69) is 5.32 Å². The van der Waals surface area contributed by atoms with Crippen LogP contribution in [0, 0.1) is 5.92 Å². The van der Waals surface area contributed by atoms with E-state index in [1.165, 1.54) is 16.2 Å². The second-order valence-corrected chi connectivity index (χ2v) is 5.70.